The highest BCUT2D eigenvalue weighted by Crippen LogP contribution is 2.28. The number of halogens is 2. The first-order chi connectivity index (χ1) is 9.79. The lowest BCUT2D eigenvalue weighted by molar-refractivity contribution is -0.384. The van der Waals surface area contributed by atoms with Crippen LogP contribution in [0.15, 0.2) is 41.4 Å². The number of non-ortho nitro benzene ring substituents is 1. The molecule has 0 amide bonds. The normalized spacial score (nSPS) is 11.1. The Morgan fingerprint density at radius 2 is 1.90 bits per heavy atom. The molecule has 10 heteroatoms. The highest BCUT2D eigenvalue weighted by atomic mass is 35.5. The van der Waals surface area contributed by atoms with Crippen molar-refractivity contribution in [3.8, 4) is 0 Å². The van der Waals surface area contributed by atoms with E-state index < -0.39 is 14.9 Å². The van der Waals surface area contributed by atoms with Gasteiger partial charge in [-0.25, -0.2) is 13.4 Å². The molecule has 1 aromatic heterocycles. The second kappa shape index (κ2) is 5.84. The Hall–Kier alpha value is -1.90. The fourth-order valence-electron chi connectivity index (χ4n) is 1.43. The molecular weight excluding hydrogens is 341 g/mol. The number of hydrogen-bond acceptors (Lipinski definition) is 5. The van der Waals surface area contributed by atoms with Crippen molar-refractivity contribution in [3.05, 3.63) is 56.8 Å². The molecule has 0 unspecified atom stereocenters. The number of aromatic nitrogens is 1. The lowest BCUT2D eigenvalue weighted by atomic mass is 10.3. The van der Waals surface area contributed by atoms with Crippen LogP contribution in [0.25, 0.3) is 0 Å². The molecule has 0 saturated carbocycles. The average Bonchev–Trinajstić information content (AvgIpc) is 2.41. The summed E-state index contributed by atoms with van der Waals surface area (Å²) < 4.78 is 26.4. The quantitative estimate of drug-likeness (QED) is 0.520. The van der Waals surface area contributed by atoms with E-state index in [9.17, 15) is 18.5 Å². The van der Waals surface area contributed by atoms with Crippen LogP contribution in [0.3, 0.4) is 0 Å². The number of hydrogen-bond donors (Lipinski definition) is 1. The van der Waals surface area contributed by atoms with E-state index in [1.54, 1.807) is 0 Å². The van der Waals surface area contributed by atoms with Crippen LogP contribution in [0, 0.1) is 10.1 Å². The highest BCUT2D eigenvalue weighted by Gasteiger charge is 2.18. The van der Waals surface area contributed by atoms with Crippen molar-refractivity contribution < 1.29 is 13.3 Å². The third-order valence-corrected chi connectivity index (χ3v) is 4.32. The van der Waals surface area contributed by atoms with Crippen molar-refractivity contribution in [2.24, 2.45) is 0 Å². The van der Waals surface area contributed by atoms with Gasteiger partial charge in [0.05, 0.1) is 15.6 Å². The first kappa shape index (κ1) is 15.5. The van der Waals surface area contributed by atoms with Gasteiger partial charge in [-0.15, -0.1) is 0 Å². The zero-order valence-corrected chi connectivity index (χ0v) is 12.5. The number of sulfonamides is 1. The molecule has 1 heterocycles. The minimum Gasteiger partial charge on any atom is -0.278 e. The van der Waals surface area contributed by atoms with Crippen molar-refractivity contribution in [1.29, 1.82) is 0 Å². The lowest BCUT2D eigenvalue weighted by Crippen LogP contribution is -2.13. The Bertz CT molecular complexity index is 794. The van der Waals surface area contributed by atoms with Crippen LogP contribution < -0.4 is 4.72 Å². The number of nitro groups is 1. The number of pyridine rings is 1. The van der Waals surface area contributed by atoms with Crippen molar-refractivity contribution in [2.45, 2.75) is 4.90 Å². The van der Waals surface area contributed by atoms with Crippen LogP contribution in [0.1, 0.15) is 0 Å². The summed E-state index contributed by atoms with van der Waals surface area (Å²) in [4.78, 5) is 13.6. The predicted molar refractivity (Wildman–Crippen MR) is 78.2 cm³/mol. The van der Waals surface area contributed by atoms with E-state index in [1.165, 1.54) is 24.3 Å². The Labute approximate surface area is 129 Å². The largest absolute Gasteiger partial charge is 0.278 e. The minimum absolute atomic E-state index is 0.0334. The second-order valence-corrected chi connectivity index (χ2v) is 6.32. The Balaban J connectivity index is 2.38. The van der Waals surface area contributed by atoms with Crippen LogP contribution in [0.2, 0.25) is 10.2 Å². The van der Waals surface area contributed by atoms with E-state index in [2.05, 4.69) is 9.71 Å². The second-order valence-electron chi connectivity index (χ2n) is 3.84. The van der Waals surface area contributed by atoms with E-state index in [4.69, 9.17) is 23.2 Å². The highest BCUT2D eigenvalue weighted by molar-refractivity contribution is 7.92. The number of nitrogens with one attached hydrogen (secondary N) is 1. The third-order valence-electron chi connectivity index (χ3n) is 2.42. The van der Waals surface area contributed by atoms with Gasteiger partial charge in [-0.3, -0.25) is 14.8 Å². The van der Waals surface area contributed by atoms with Crippen molar-refractivity contribution in [3.63, 3.8) is 0 Å². The van der Waals surface area contributed by atoms with Crippen molar-refractivity contribution in [1.82, 2.24) is 4.98 Å². The van der Waals surface area contributed by atoms with Gasteiger partial charge in [0, 0.05) is 18.3 Å². The van der Waals surface area contributed by atoms with Crippen LogP contribution in [0.5, 0.6) is 0 Å². The van der Waals surface area contributed by atoms with E-state index in [0.29, 0.717) is 0 Å². The van der Waals surface area contributed by atoms with E-state index in [1.807, 2.05) is 0 Å². The molecule has 2 rings (SSSR count). The Morgan fingerprint density at radius 3 is 2.48 bits per heavy atom. The summed E-state index contributed by atoms with van der Waals surface area (Å²) in [6.45, 7) is 0. The maximum absolute atomic E-state index is 12.1. The first-order valence-electron chi connectivity index (χ1n) is 5.38. The maximum atomic E-state index is 12.1. The summed E-state index contributed by atoms with van der Waals surface area (Å²) in [6.07, 6.45) is 1.07. The van der Waals surface area contributed by atoms with Gasteiger partial charge >= 0.3 is 0 Å². The molecule has 0 spiro atoms. The summed E-state index contributed by atoms with van der Waals surface area (Å²) in [5.41, 5.74) is -0.382. The molecule has 1 aromatic carbocycles. The average molecular weight is 348 g/mol. The first-order valence-corrected chi connectivity index (χ1v) is 7.62. The van der Waals surface area contributed by atoms with E-state index in [0.717, 1.165) is 12.3 Å². The molecule has 0 radical (unpaired) electrons. The molecule has 0 bridgehead atoms. The standard InChI is InChI=1S/C11H7Cl2N3O4S/c12-9-3-1-7(16(17)18)5-10(9)15-21(19,20)8-2-4-11(13)14-6-8/h1-6,15H. The Kier molecular flexibility index (Phi) is 4.31. The number of nitro benzene ring substituents is 1. The lowest BCUT2D eigenvalue weighted by Gasteiger charge is -2.09. The fourth-order valence-corrected chi connectivity index (χ4v) is 2.78. The molecule has 2 aromatic rings. The maximum Gasteiger partial charge on any atom is 0.271 e. The number of rotatable bonds is 4. The molecule has 0 fully saturated rings. The topological polar surface area (TPSA) is 102 Å². The molecule has 0 aliphatic heterocycles. The van der Waals surface area contributed by atoms with Crippen LogP contribution in [-0.4, -0.2) is 18.3 Å². The smallest absolute Gasteiger partial charge is 0.271 e. The molecule has 0 aliphatic carbocycles. The molecular formula is C11H7Cl2N3O4S. The molecule has 1 N–H and O–H groups in total. The number of benzene rings is 1. The molecule has 0 atom stereocenters. The predicted octanol–water partition coefficient (Wildman–Crippen LogP) is 3.10. The van der Waals surface area contributed by atoms with Gasteiger partial charge in [0.15, 0.2) is 0 Å². The summed E-state index contributed by atoms with van der Waals surface area (Å²) in [5, 5.41) is 10.9. The monoisotopic (exact) mass is 347 g/mol. The van der Waals surface area contributed by atoms with E-state index >= 15 is 0 Å². The van der Waals surface area contributed by atoms with E-state index in [-0.39, 0.29) is 26.4 Å². The fraction of sp³-hybridized carbons (Fsp3) is 0. The summed E-state index contributed by atoms with van der Waals surface area (Å²) >= 11 is 11.4. The zero-order valence-electron chi connectivity index (χ0n) is 10.2. The number of anilines is 1. The molecule has 0 saturated heterocycles. The van der Waals surface area contributed by atoms with Crippen LogP contribution in [0.4, 0.5) is 11.4 Å². The Morgan fingerprint density at radius 1 is 1.19 bits per heavy atom. The number of nitrogens with zero attached hydrogens (tertiary/aromatic N) is 2. The summed E-state index contributed by atoms with van der Waals surface area (Å²) in [7, 11) is -3.97. The van der Waals surface area contributed by atoms with Crippen molar-refractivity contribution >= 4 is 44.6 Å². The van der Waals surface area contributed by atoms with Gasteiger partial charge in [0.2, 0.25) is 0 Å². The summed E-state index contributed by atoms with van der Waals surface area (Å²) in [5.74, 6) is 0. The van der Waals surface area contributed by atoms with Crippen molar-refractivity contribution in [2.75, 3.05) is 4.72 Å². The molecule has 0 aliphatic rings. The van der Waals surface area contributed by atoms with Gasteiger partial charge in [0.25, 0.3) is 15.7 Å². The third kappa shape index (κ3) is 3.60. The SMILES string of the molecule is O=[N+]([O-])c1ccc(Cl)c(NS(=O)(=O)c2ccc(Cl)nc2)c1. The summed E-state index contributed by atoms with van der Waals surface area (Å²) in [6, 6.07) is 6.00. The van der Waals surface area contributed by atoms with Gasteiger partial charge in [-0.1, -0.05) is 23.2 Å². The molecule has 110 valence electrons. The van der Waals surface area contributed by atoms with Crippen LogP contribution >= 0.6 is 23.2 Å². The van der Waals surface area contributed by atoms with Gasteiger partial charge in [0.1, 0.15) is 10.0 Å². The van der Waals surface area contributed by atoms with Crippen LogP contribution in [-0.2, 0) is 10.0 Å². The van der Waals surface area contributed by atoms with Gasteiger partial charge < -0.3 is 0 Å². The minimum atomic E-state index is -3.97. The zero-order chi connectivity index (χ0) is 15.6. The van der Waals surface area contributed by atoms with Gasteiger partial charge in [-0.05, 0) is 18.2 Å². The molecule has 21 heavy (non-hydrogen) atoms. The molecule has 7 nitrogen and oxygen atoms in total. The van der Waals surface area contributed by atoms with Gasteiger partial charge in [-0.2, -0.15) is 0 Å².